The maximum Gasteiger partial charge on any atom is 0.351 e. The van der Waals surface area contributed by atoms with E-state index in [-0.39, 0.29) is 18.1 Å². The average Bonchev–Trinajstić information content (AvgIpc) is 3.01. The van der Waals surface area contributed by atoms with E-state index in [1.165, 1.54) is 16.7 Å². The molecule has 0 N–H and O–H groups in total. The number of para-hydroxylation sites is 1. The minimum atomic E-state index is -0.711. The zero-order chi connectivity index (χ0) is 20.1. The lowest BCUT2D eigenvalue weighted by Crippen LogP contribution is -2.30. The summed E-state index contributed by atoms with van der Waals surface area (Å²) in [5.74, 6) is -0.860. The monoisotopic (exact) mass is 392 g/mol. The number of ether oxygens (including phenoxy) is 1. The minimum absolute atomic E-state index is 0.143. The largest absolute Gasteiger partial charge is 0.462 e. The third kappa shape index (κ3) is 4.10. The molecular weight excluding hydrogens is 372 g/mol. The van der Waals surface area contributed by atoms with Crippen LogP contribution in [0.15, 0.2) is 65.2 Å². The highest BCUT2D eigenvalue weighted by Crippen LogP contribution is 2.41. The first kappa shape index (κ1) is 19.7. The molecule has 1 aliphatic heterocycles. The van der Waals surface area contributed by atoms with Crippen molar-refractivity contribution < 1.29 is 14.3 Å². The van der Waals surface area contributed by atoms with Crippen molar-refractivity contribution in [2.75, 3.05) is 11.5 Å². The summed E-state index contributed by atoms with van der Waals surface area (Å²) in [5.41, 5.74) is 2.66. The topological polar surface area (TPSA) is 70.4 Å². The molecule has 28 heavy (non-hydrogen) atoms. The van der Waals surface area contributed by atoms with Gasteiger partial charge in [0.2, 0.25) is 5.91 Å². The molecule has 1 atom stereocenters. The molecule has 0 aromatic heterocycles. The van der Waals surface area contributed by atoms with Gasteiger partial charge in [0.15, 0.2) is 5.57 Å². The van der Waals surface area contributed by atoms with Crippen LogP contribution in [0.25, 0.3) is 0 Å². The molecule has 2 aromatic carbocycles. The first-order valence-electron chi connectivity index (χ1n) is 8.97. The number of benzene rings is 2. The van der Waals surface area contributed by atoms with Crippen molar-refractivity contribution in [3.05, 3.63) is 76.3 Å². The van der Waals surface area contributed by atoms with Crippen molar-refractivity contribution in [2.24, 2.45) is 0 Å². The van der Waals surface area contributed by atoms with Gasteiger partial charge in [-0.3, -0.25) is 9.69 Å². The van der Waals surface area contributed by atoms with Crippen LogP contribution in [-0.2, 0) is 20.7 Å². The summed E-state index contributed by atoms with van der Waals surface area (Å²) in [5, 5.41) is 9.49. The Bertz CT molecular complexity index is 946. The second kappa shape index (κ2) is 8.77. The number of rotatable bonds is 5. The van der Waals surface area contributed by atoms with Crippen LogP contribution in [0, 0.1) is 18.3 Å². The first-order valence-corrected chi connectivity index (χ1v) is 9.85. The second-order valence-electron chi connectivity index (χ2n) is 6.32. The van der Waals surface area contributed by atoms with Crippen molar-refractivity contribution >= 4 is 29.3 Å². The molecule has 1 amide bonds. The van der Waals surface area contributed by atoms with E-state index in [1.807, 2.05) is 55.5 Å². The van der Waals surface area contributed by atoms with Crippen LogP contribution < -0.4 is 4.90 Å². The average molecular weight is 392 g/mol. The summed E-state index contributed by atoms with van der Waals surface area (Å²) < 4.78 is 5.02. The Morgan fingerprint density at radius 1 is 1.18 bits per heavy atom. The fourth-order valence-corrected chi connectivity index (χ4v) is 4.22. The molecule has 0 spiro atoms. The molecule has 1 unspecified atom stereocenters. The fourth-order valence-electron chi connectivity index (χ4n) is 2.93. The molecule has 1 saturated heterocycles. The number of thioether (sulfide) groups is 1. The van der Waals surface area contributed by atoms with E-state index in [2.05, 4.69) is 0 Å². The quantitative estimate of drug-likeness (QED) is 0.437. The van der Waals surface area contributed by atoms with Crippen LogP contribution in [0.3, 0.4) is 0 Å². The lowest BCUT2D eigenvalue weighted by molar-refractivity contribution is -0.138. The molecule has 0 radical (unpaired) electrons. The van der Waals surface area contributed by atoms with Crippen LogP contribution >= 0.6 is 11.8 Å². The highest BCUT2D eigenvalue weighted by atomic mass is 32.2. The lowest BCUT2D eigenvalue weighted by atomic mass is 10.1. The van der Waals surface area contributed by atoms with Crippen LogP contribution in [0.5, 0.6) is 0 Å². The van der Waals surface area contributed by atoms with E-state index >= 15 is 0 Å². The summed E-state index contributed by atoms with van der Waals surface area (Å²) in [6.07, 6.45) is 0.512. The number of carbonyl (C=O) groups is 2. The van der Waals surface area contributed by atoms with Crippen LogP contribution in [0.4, 0.5) is 5.69 Å². The number of anilines is 1. The van der Waals surface area contributed by atoms with Crippen LogP contribution in [0.1, 0.15) is 18.1 Å². The summed E-state index contributed by atoms with van der Waals surface area (Å²) in [6, 6.07) is 19.0. The zero-order valence-electron chi connectivity index (χ0n) is 15.7. The number of carbonyl (C=O) groups excluding carboxylic acids is 2. The minimum Gasteiger partial charge on any atom is -0.462 e. The molecule has 1 fully saturated rings. The van der Waals surface area contributed by atoms with Gasteiger partial charge in [-0.15, -0.1) is 0 Å². The van der Waals surface area contributed by atoms with Gasteiger partial charge >= 0.3 is 5.97 Å². The lowest BCUT2D eigenvalue weighted by Gasteiger charge is -2.18. The zero-order valence-corrected chi connectivity index (χ0v) is 16.5. The van der Waals surface area contributed by atoms with Gasteiger partial charge in [-0.2, -0.15) is 5.26 Å². The Morgan fingerprint density at radius 2 is 1.86 bits per heavy atom. The SMILES string of the molecule is CCOC(=O)C(C#N)=C1SC(Cc2ccc(C)cc2)C(=O)N1c1ccccc1. The summed E-state index contributed by atoms with van der Waals surface area (Å²) in [4.78, 5) is 26.9. The molecule has 3 rings (SSSR count). The Labute approximate surface area is 168 Å². The van der Waals surface area contributed by atoms with Gasteiger partial charge in [-0.05, 0) is 38.0 Å². The van der Waals surface area contributed by atoms with E-state index in [0.717, 1.165) is 11.1 Å². The number of amides is 1. The Kier molecular flexibility index (Phi) is 6.17. The molecular formula is C22H20N2O3S. The number of nitriles is 1. The van der Waals surface area contributed by atoms with Crippen molar-refractivity contribution in [1.29, 1.82) is 5.26 Å². The van der Waals surface area contributed by atoms with E-state index < -0.39 is 11.2 Å². The summed E-state index contributed by atoms with van der Waals surface area (Å²) in [6.45, 7) is 3.85. The van der Waals surface area contributed by atoms with Crippen molar-refractivity contribution in [3.8, 4) is 6.07 Å². The van der Waals surface area contributed by atoms with E-state index in [1.54, 1.807) is 19.1 Å². The molecule has 1 aliphatic rings. The molecule has 6 heteroatoms. The molecule has 0 aliphatic carbocycles. The van der Waals surface area contributed by atoms with Crippen molar-refractivity contribution in [1.82, 2.24) is 0 Å². The number of aryl methyl sites for hydroxylation is 1. The van der Waals surface area contributed by atoms with Crippen LogP contribution in [-0.4, -0.2) is 23.7 Å². The standard InChI is InChI=1S/C22H20N2O3S/c1-3-27-22(26)18(14-23)21-24(17-7-5-4-6-8-17)20(25)19(28-21)13-16-11-9-15(2)10-12-16/h4-12,19H,3,13H2,1-2H3. The highest BCUT2D eigenvalue weighted by Gasteiger charge is 2.41. The van der Waals surface area contributed by atoms with Crippen LogP contribution in [0.2, 0.25) is 0 Å². The molecule has 1 heterocycles. The van der Waals surface area contributed by atoms with E-state index in [9.17, 15) is 14.9 Å². The molecule has 2 aromatic rings. The van der Waals surface area contributed by atoms with Gasteiger partial charge in [-0.25, -0.2) is 4.79 Å². The highest BCUT2D eigenvalue weighted by molar-refractivity contribution is 8.05. The van der Waals surface area contributed by atoms with Gasteiger partial charge in [0, 0.05) is 5.69 Å². The molecule has 0 bridgehead atoms. The van der Waals surface area contributed by atoms with Gasteiger partial charge in [0.25, 0.3) is 0 Å². The molecule has 5 nitrogen and oxygen atoms in total. The Balaban J connectivity index is 2.01. The number of hydrogen-bond acceptors (Lipinski definition) is 5. The van der Waals surface area contributed by atoms with Gasteiger partial charge in [-0.1, -0.05) is 59.8 Å². The second-order valence-corrected chi connectivity index (χ2v) is 7.51. The Morgan fingerprint density at radius 3 is 2.46 bits per heavy atom. The number of esters is 1. The third-order valence-electron chi connectivity index (χ3n) is 4.31. The van der Waals surface area contributed by atoms with E-state index in [4.69, 9.17) is 4.74 Å². The van der Waals surface area contributed by atoms with Gasteiger partial charge in [0.1, 0.15) is 11.1 Å². The number of hydrogen-bond donors (Lipinski definition) is 0. The fraction of sp³-hybridized carbons (Fsp3) is 0.227. The third-order valence-corrected chi connectivity index (χ3v) is 5.58. The smallest absolute Gasteiger partial charge is 0.351 e. The predicted molar refractivity (Wildman–Crippen MR) is 109 cm³/mol. The van der Waals surface area contributed by atoms with Crippen molar-refractivity contribution in [3.63, 3.8) is 0 Å². The van der Waals surface area contributed by atoms with Gasteiger partial charge < -0.3 is 4.74 Å². The maximum atomic E-state index is 13.2. The predicted octanol–water partition coefficient (Wildman–Crippen LogP) is 3.98. The molecule has 0 saturated carbocycles. The summed E-state index contributed by atoms with van der Waals surface area (Å²) in [7, 11) is 0. The summed E-state index contributed by atoms with van der Waals surface area (Å²) >= 11 is 1.24. The first-order chi connectivity index (χ1) is 13.5. The maximum absolute atomic E-state index is 13.2. The van der Waals surface area contributed by atoms with Gasteiger partial charge in [0.05, 0.1) is 11.9 Å². The van der Waals surface area contributed by atoms with E-state index in [0.29, 0.717) is 17.1 Å². The van der Waals surface area contributed by atoms with Crippen molar-refractivity contribution in [2.45, 2.75) is 25.5 Å². The normalized spacial score (nSPS) is 18.0. The number of nitrogens with zero attached hydrogens (tertiary/aromatic N) is 2. The Hall–Kier alpha value is -3.04. The molecule has 142 valence electrons.